The molecular weight excluding hydrogens is 655 g/mol. The number of ketones is 1. The largest absolute Gasteiger partial charge is 0.496 e. The number of rotatable bonds is 10. The lowest BCUT2D eigenvalue weighted by Gasteiger charge is -2.28. The fourth-order valence-electron chi connectivity index (χ4n) is 5.83. The lowest BCUT2D eigenvalue weighted by molar-refractivity contribution is -0.175. The van der Waals surface area contributed by atoms with Gasteiger partial charge >= 0.3 is 12.1 Å². The summed E-state index contributed by atoms with van der Waals surface area (Å²) >= 11 is 0. The normalized spacial score (nSPS) is 15.4. The molecule has 4 aromatic carbocycles. The van der Waals surface area contributed by atoms with E-state index in [0.29, 0.717) is 45.7 Å². The summed E-state index contributed by atoms with van der Waals surface area (Å²) in [6, 6.07) is 19.2. The molecule has 11 nitrogen and oxygen atoms in total. The Hall–Kier alpha value is -5.31. The van der Waals surface area contributed by atoms with Crippen LogP contribution in [-0.2, 0) is 16.1 Å². The molecule has 14 heteroatoms. The lowest BCUT2D eigenvalue weighted by Crippen LogP contribution is -2.53. The molecule has 1 heterocycles. The SMILES string of the molecule is CN[C@@H](C)CN[C@H]1CN(C(=O)c2ccc(C(C)=O)cc2)c2ccccc2N(Cc2c(OC)ccc3c(N(O)C(=O)C(F)(F)F)cccc23)C1=O. The minimum Gasteiger partial charge on any atom is -0.496 e. The second-order valence-electron chi connectivity index (χ2n) is 11.8. The summed E-state index contributed by atoms with van der Waals surface area (Å²) in [4.78, 5) is 55.5. The van der Waals surface area contributed by atoms with E-state index in [-0.39, 0.29) is 30.3 Å². The number of nitrogens with zero attached hydrogens (tertiary/aromatic N) is 3. The summed E-state index contributed by atoms with van der Waals surface area (Å²) in [5.41, 5.74) is 1.51. The smallest absolute Gasteiger partial charge is 0.473 e. The summed E-state index contributed by atoms with van der Waals surface area (Å²) in [5.74, 6) is -3.12. The molecule has 1 aliphatic heterocycles. The molecule has 0 fully saturated rings. The number of amides is 3. The Balaban J connectivity index is 1.64. The molecule has 0 aromatic heterocycles. The van der Waals surface area contributed by atoms with Crippen molar-refractivity contribution in [2.24, 2.45) is 0 Å². The zero-order valence-corrected chi connectivity index (χ0v) is 27.7. The van der Waals surface area contributed by atoms with Gasteiger partial charge in [0.15, 0.2) is 5.78 Å². The van der Waals surface area contributed by atoms with Crippen molar-refractivity contribution in [1.29, 1.82) is 0 Å². The zero-order chi connectivity index (χ0) is 36.3. The first-order valence-electron chi connectivity index (χ1n) is 15.7. The fraction of sp³-hybridized carbons (Fsp3) is 0.278. The number of halogens is 3. The summed E-state index contributed by atoms with van der Waals surface area (Å²) in [5, 5.41) is 16.7. The lowest BCUT2D eigenvalue weighted by atomic mass is 10.0. The molecule has 4 aromatic rings. The molecule has 1 aliphatic rings. The molecule has 50 heavy (non-hydrogen) atoms. The van der Waals surface area contributed by atoms with Crippen molar-refractivity contribution in [3.05, 3.63) is 95.6 Å². The molecule has 0 aliphatic carbocycles. The highest BCUT2D eigenvalue weighted by atomic mass is 19.4. The number of alkyl halides is 3. The van der Waals surface area contributed by atoms with Crippen molar-refractivity contribution >= 4 is 51.3 Å². The third-order valence-corrected chi connectivity index (χ3v) is 8.65. The zero-order valence-electron chi connectivity index (χ0n) is 27.7. The van der Waals surface area contributed by atoms with Gasteiger partial charge in [-0.2, -0.15) is 18.2 Å². The van der Waals surface area contributed by atoms with Crippen molar-refractivity contribution in [3.8, 4) is 5.75 Å². The summed E-state index contributed by atoms with van der Waals surface area (Å²) < 4.78 is 45.4. The van der Waals surface area contributed by atoms with Gasteiger partial charge < -0.3 is 25.2 Å². The molecule has 2 atom stereocenters. The number of likely N-dealkylation sites (N-methyl/N-ethyl adjacent to an activating group) is 1. The van der Waals surface area contributed by atoms with Gasteiger partial charge in [0, 0.05) is 34.7 Å². The Kier molecular flexibility index (Phi) is 10.6. The molecule has 0 spiro atoms. The number of carbonyl (C=O) groups excluding carboxylic acids is 4. The molecule has 3 amide bonds. The minimum absolute atomic E-state index is 0.0393. The summed E-state index contributed by atoms with van der Waals surface area (Å²) in [6.45, 7) is 3.51. The Morgan fingerprint density at radius 2 is 1.62 bits per heavy atom. The third kappa shape index (κ3) is 7.18. The van der Waals surface area contributed by atoms with E-state index in [4.69, 9.17) is 4.74 Å². The van der Waals surface area contributed by atoms with Gasteiger partial charge in [-0.1, -0.05) is 36.4 Å². The highest BCUT2D eigenvalue weighted by Gasteiger charge is 2.43. The van der Waals surface area contributed by atoms with E-state index in [1.807, 2.05) is 6.92 Å². The number of benzene rings is 4. The van der Waals surface area contributed by atoms with Gasteiger partial charge in [0.25, 0.3) is 5.91 Å². The maximum Gasteiger partial charge on any atom is 0.473 e. The van der Waals surface area contributed by atoms with E-state index in [1.54, 1.807) is 61.6 Å². The van der Waals surface area contributed by atoms with E-state index in [0.717, 1.165) is 0 Å². The van der Waals surface area contributed by atoms with Crippen LogP contribution < -0.4 is 30.2 Å². The van der Waals surface area contributed by atoms with Gasteiger partial charge in [-0.05, 0) is 68.7 Å². The second-order valence-corrected chi connectivity index (χ2v) is 11.8. The average molecular weight is 692 g/mol. The number of carbonyl (C=O) groups is 4. The van der Waals surface area contributed by atoms with Gasteiger partial charge in [-0.15, -0.1) is 0 Å². The first kappa shape index (κ1) is 36.0. The quantitative estimate of drug-likeness (QED) is 0.119. The Morgan fingerprint density at radius 3 is 2.24 bits per heavy atom. The van der Waals surface area contributed by atoms with E-state index >= 15 is 0 Å². The van der Waals surface area contributed by atoms with Gasteiger partial charge in [-0.3, -0.25) is 24.4 Å². The first-order chi connectivity index (χ1) is 23.8. The van der Waals surface area contributed by atoms with Crippen LogP contribution in [0, 0.1) is 0 Å². The molecule has 3 N–H and O–H groups in total. The number of hydroxylamine groups is 1. The minimum atomic E-state index is -5.33. The molecule has 0 radical (unpaired) electrons. The van der Waals surface area contributed by atoms with Crippen molar-refractivity contribution in [3.63, 3.8) is 0 Å². The molecule has 0 unspecified atom stereocenters. The maximum absolute atomic E-state index is 14.6. The van der Waals surface area contributed by atoms with Crippen LogP contribution in [0.4, 0.5) is 30.2 Å². The Bertz CT molecular complexity index is 1930. The van der Waals surface area contributed by atoms with Crippen molar-refractivity contribution in [2.45, 2.75) is 38.7 Å². The van der Waals surface area contributed by atoms with Crippen molar-refractivity contribution < 1.29 is 42.3 Å². The van der Waals surface area contributed by atoms with Gasteiger partial charge in [-0.25, -0.2) is 0 Å². The number of nitrogens with one attached hydrogen (secondary N) is 2. The Morgan fingerprint density at radius 1 is 0.960 bits per heavy atom. The van der Waals surface area contributed by atoms with E-state index in [1.165, 1.54) is 48.1 Å². The summed E-state index contributed by atoms with van der Waals surface area (Å²) in [6.07, 6.45) is -5.33. The van der Waals surface area contributed by atoms with E-state index in [2.05, 4.69) is 10.6 Å². The van der Waals surface area contributed by atoms with Gasteiger partial charge in [0.05, 0.1) is 37.3 Å². The Labute approximate surface area is 286 Å². The number of Topliss-reactive ketones (excluding diaryl/α,β-unsaturated/α-hetero) is 1. The van der Waals surface area contributed by atoms with Crippen molar-refractivity contribution in [2.75, 3.05) is 42.1 Å². The monoisotopic (exact) mass is 691 g/mol. The van der Waals surface area contributed by atoms with E-state index < -0.39 is 40.7 Å². The van der Waals surface area contributed by atoms with E-state index in [9.17, 15) is 37.6 Å². The van der Waals surface area contributed by atoms with Crippen LogP contribution in [0.5, 0.6) is 5.75 Å². The standard InChI is InChI=1S/C36H36F3N5O6/c1-21(40-3)18-41-28-20-43(33(46)24-14-12-23(13-15-24)22(2)45)31-10-6-5-9-30(31)42(34(28)47)19-27-25-8-7-11-29(26(25)16-17-32(27)50-4)44(49)35(48)36(37,38)39/h5-17,21,28,40-41,49H,18-20H2,1-4H3/t21-,28-/m0/s1. The first-order valence-corrected chi connectivity index (χ1v) is 15.7. The number of methoxy groups -OCH3 is 1. The van der Waals surface area contributed by atoms with Crippen LogP contribution in [0.1, 0.15) is 40.1 Å². The number of hydrogen-bond acceptors (Lipinski definition) is 8. The second kappa shape index (κ2) is 14.7. The third-order valence-electron chi connectivity index (χ3n) is 8.65. The maximum atomic E-state index is 14.6. The predicted molar refractivity (Wildman–Crippen MR) is 182 cm³/mol. The number of ether oxygens (including phenoxy) is 1. The van der Waals surface area contributed by atoms with Crippen LogP contribution in [0.3, 0.4) is 0 Å². The number of anilines is 3. The topological polar surface area (TPSA) is 132 Å². The number of fused-ring (bicyclic) bond motifs is 2. The molecule has 0 saturated heterocycles. The van der Waals surface area contributed by atoms with Crippen LogP contribution in [-0.4, -0.2) is 74.2 Å². The molecular formula is C36H36F3N5O6. The number of para-hydroxylation sites is 2. The van der Waals surface area contributed by atoms with Crippen LogP contribution >= 0.6 is 0 Å². The number of hydrogen-bond donors (Lipinski definition) is 3. The fourth-order valence-corrected chi connectivity index (χ4v) is 5.83. The molecule has 0 bridgehead atoms. The average Bonchev–Trinajstić information content (AvgIpc) is 3.22. The highest BCUT2D eigenvalue weighted by Crippen LogP contribution is 2.39. The molecule has 262 valence electrons. The van der Waals surface area contributed by atoms with Gasteiger partial charge in [0.1, 0.15) is 11.8 Å². The van der Waals surface area contributed by atoms with Crippen LogP contribution in [0.25, 0.3) is 10.8 Å². The van der Waals surface area contributed by atoms with Crippen LogP contribution in [0.15, 0.2) is 78.9 Å². The van der Waals surface area contributed by atoms with Crippen molar-refractivity contribution in [1.82, 2.24) is 10.6 Å². The molecule has 5 rings (SSSR count). The van der Waals surface area contributed by atoms with Crippen LogP contribution in [0.2, 0.25) is 0 Å². The summed E-state index contributed by atoms with van der Waals surface area (Å²) in [7, 11) is 3.18. The van der Waals surface area contributed by atoms with Gasteiger partial charge in [0.2, 0.25) is 5.91 Å². The highest BCUT2D eigenvalue weighted by molar-refractivity contribution is 6.13. The predicted octanol–water partition coefficient (Wildman–Crippen LogP) is 5.10. The molecule has 0 saturated carbocycles.